The molecule has 132 valence electrons. The van der Waals surface area contributed by atoms with Gasteiger partial charge in [0.25, 0.3) is 0 Å². The number of carbonyl (C=O) groups excluding carboxylic acids is 3. The summed E-state index contributed by atoms with van der Waals surface area (Å²) in [5.41, 5.74) is 2.31. The van der Waals surface area contributed by atoms with E-state index in [9.17, 15) is 14.4 Å². The van der Waals surface area contributed by atoms with Crippen LogP contribution in [0.4, 0.5) is 15.5 Å². The van der Waals surface area contributed by atoms with Gasteiger partial charge in [-0.3, -0.25) is 10.1 Å². The predicted molar refractivity (Wildman–Crippen MR) is 98.8 cm³/mol. The number of Topliss-reactive ketones (excluding diaryl/α,β-unsaturated/α-hetero) is 1. The highest BCUT2D eigenvalue weighted by atomic mass is 32.1. The zero-order valence-corrected chi connectivity index (χ0v) is 15.4. The van der Waals surface area contributed by atoms with E-state index in [2.05, 4.69) is 10.6 Å². The predicted octanol–water partition coefficient (Wildman–Crippen LogP) is 4.39. The summed E-state index contributed by atoms with van der Waals surface area (Å²) in [5.74, 6) is -0.727. The van der Waals surface area contributed by atoms with Crippen LogP contribution in [0, 0.1) is 13.8 Å². The van der Waals surface area contributed by atoms with Crippen molar-refractivity contribution >= 4 is 39.8 Å². The molecule has 0 spiro atoms. The Bertz CT molecular complexity index is 826. The quantitative estimate of drug-likeness (QED) is 0.612. The van der Waals surface area contributed by atoms with Gasteiger partial charge in [-0.1, -0.05) is 18.2 Å². The molecule has 1 aromatic carbocycles. The Morgan fingerprint density at radius 1 is 1.12 bits per heavy atom. The molecule has 7 heteroatoms. The molecule has 2 rings (SSSR count). The average Bonchev–Trinajstić information content (AvgIpc) is 2.86. The van der Waals surface area contributed by atoms with Gasteiger partial charge in [0.1, 0.15) is 5.00 Å². The van der Waals surface area contributed by atoms with E-state index in [0.29, 0.717) is 21.1 Å². The van der Waals surface area contributed by atoms with Gasteiger partial charge < -0.3 is 10.1 Å². The smallest absolute Gasteiger partial charge is 0.341 e. The van der Waals surface area contributed by atoms with Crippen molar-refractivity contribution in [1.82, 2.24) is 0 Å². The van der Waals surface area contributed by atoms with Crippen LogP contribution in [0.2, 0.25) is 0 Å². The lowest BCUT2D eigenvalue weighted by atomic mass is 10.1. The van der Waals surface area contributed by atoms with Crippen molar-refractivity contribution in [3.8, 4) is 0 Å². The van der Waals surface area contributed by atoms with Crippen molar-refractivity contribution in [3.05, 3.63) is 45.8 Å². The Balaban J connectivity index is 2.30. The van der Waals surface area contributed by atoms with Crippen molar-refractivity contribution in [2.75, 3.05) is 17.2 Å². The molecule has 0 bridgehead atoms. The minimum absolute atomic E-state index is 0.166. The number of anilines is 2. The van der Waals surface area contributed by atoms with Crippen molar-refractivity contribution in [1.29, 1.82) is 0 Å². The lowest BCUT2D eigenvalue weighted by Gasteiger charge is -2.10. The number of hydrogen-bond acceptors (Lipinski definition) is 5. The molecule has 0 atom stereocenters. The number of nitrogens with one attached hydrogen (secondary N) is 2. The Morgan fingerprint density at radius 3 is 2.40 bits per heavy atom. The summed E-state index contributed by atoms with van der Waals surface area (Å²) in [7, 11) is 0. The van der Waals surface area contributed by atoms with E-state index in [1.807, 2.05) is 25.1 Å². The third-order valence-electron chi connectivity index (χ3n) is 3.57. The highest BCUT2D eigenvalue weighted by Crippen LogP contribution is 2.34. The molecule has 2 N–H and O–H groups in total. The standard InChI is InChI=1S/C18H20N2O4S/c1-5-24-17(22)14-11(3)15(12(4)21)25-16(14)20-18(23)19-13-9-7-6-8-10(13)2/h6-9H,5H2,1-4H3,(H2,19,20,23). The second-order valence-electron chi connectivity index (χ2n) is 5.43. The van der Waals surface area contributed by atoms with Crippen LogP contribution in [0.25, 0.3) is 0 Å². The van der Waals surface area contributed by atoms with Gasteiger partial charge in [0.2, 0.25) is 0 Å². The average molecular weight is 360 g/mol. The van der Waals surface area contributed by atoms with Gasteiger partial charge in [-0.25, -0.2) is 9.59 Å². The van der Waals surface area contributed by atoms with Gasteiger partial charge in [-0.2, -0.15) is 0 Å². The molecular formula is C18H20N2O4S. The van der Waals surface area contributed by atoms with Crippen LogP contribution in [0.5, 0.6) is 0 Å². The fourth-order valence-electron chi connectivity index (χ4n) is 2.36. The van der Waals surface area contributed by atoms with Gasteiger partial charge in [0.15, 0.2) is 5.78 Å². The molecule has 0 saturated carbocycles. The van der Waals surface area contributed by atoms with Crippen LogP contribution < -0.4 is 10.6 Å². The first-order valence-electron chi connectivity index (χ1n) is 7.80. The molecular weight excluding hydrogens is 340 g/mol. The maximum absolute atomic E-state index is 12.3. The second-order valence-corrected chi connectivity index (χ2v) is 6.45. The Hall–Kier alpha value is -2.67. The van der Waals surface area contributed by atoms with Crippen LogP contribution >= 0.6 is 11.3 Å². The van der Waals surface area contributed by atoms with Crippen LogP contribution in [-0.4, -0.2) is 24.4 Å². The lowest BCUT2D eigenvalue weighted by molar-refractivity contribution is 0.0527. The lowest BCUT2D eigenvalue weighted by Crippen LogP contribution is -2.21. The number of benzene rings is 1. The Morgan fingerprint density at radius 2 is 1.80 bits per heavy atom. The van der Waals surface area contributed by atoms with Gasteiger partial charge in [0, 0.05) is 5.69 Å². The van der Waals surface area contributed by atoms with E-state index < -0.39 is 12.0 Å². The first kappa shape index (κ1) is 18.7. The van der Waals surface area contributed by atoms with Gasteiger partial charge in [-0.15, -0.1) is 11.3 Å². The van der Waals surface area contributed by atoms with Gasteiger partial charge in [0.05, 0.1) is 17.0 Å². The fraction of sp³-hybridized carbons (Fsp3) is 0.278. The van der Waals surface area contributed by atoms with Crippen LogP contribution in [0.3, 0.4) is 0 Å². The topological polar surface area (TPSA) is 84.5 Å². The monoisotopic (exact) mass is 360 g/mol. The molecule has 0 fully saturated rings. The maximum atomic E-state index is 12.3. The Labute approximate surface area is 150 Å². The third-order valence-corrected chi connectivity index (χ3v) is 4.87. The normalized spacial score (nSPS) is 10.2. The summed E-state index contributed by atoms with van der Waals surface area (Å²) in [6.45, 7) is 6.87. The number of esters is 1. The molecule has 0 aliphatic rings. The van der Waals surface area contributed by atoms with Crippen molar-refractivity contribution in [3.63, 3.8) is 0 Å². The molecule has 25 heavy (non-hydrogen) atoms. The molecule has 0 saturated heterocycles. The highest BCUT2D eigenvalue weighted by molar-refractivity contribution is 7.18. The van der Waals surface area contributed by atoms with Crippen molar-refractivity contribution in [2.24, 2.45) is 0 Å². The van der Waals surface area contributed by atoms with Crippen LogP contribution in [-0.2, 0) is 4.74 Å². The third kappa shape index (κ3) is 4.24. The summed E-state index contributed by atoms with van der Waals surface area (Å²) < 4.78 is 5.05. The number of hydrogen-bond donors (Lipinski definition) is 2. The SMILES string of the molecule is CCOC(=O)c1c(NC(=O)Nc2ccccc2C)sc(C(C)=O)c1C. The molecule has 1 heterocycles. The van der Waals surface area contributed by atoms with E-state index in [4.69, 9.17) is 4.74 Å². The van der Waals surface area contributed by atoms with E-state index in [-0.39, 0.29) is 18.0 Å². The van der Waals surface area contributed by atoms with E-state index in [1.54, 1.807) is 19.9 Å². The summed E-state index contributed by atoms with van der Waals surface area (Å²) in [6, 6.07) is 6.86. The number of para-hydroxylation sites is 1. The van der Waals surface area contributed by atoms with E-state index in [1.165, 1.54) is 6.92 Å². The number of thiophene rings is 1. The number of ketones is 1. The van der Waals surface area contributed by atoms with E-state index >= 15 is 0 Å². The minimum atomic E-state index is -0.560. The largest absolute Gasteiger partial charge is 0.462 e. The summed E-state index contributed by atoms with van der Waals surface area (Å²) >= 11 is 1.07. The molecule has 0 radical (unpaired) electrons. The summed E-state index contributed by atoms with van der Waals surface area (Å²) in [5, 5.41) is 5.69. The van der Waals surface area contributed by atoms with Crippen LogP contribution in [0.1, 0.15) is 45.0 Å². The number of rotatable bonds is 5. The number of amides is 2. The fourth-order valence-corrected chi connectivity index (χ4v) is 3.44. The zero-order chi connectivity index (χ0) is 18.6. The van der Waals surface area contributed by atoms with Crippen LogP contribution in [0.15, 0.2) is 24.3 Å². The number of carbonyl (C=O) groups is 3. The molecule has 0 aliphatic carbocycles. The maximum Gasteiger partial charge on any atom is 0.341 e. The van der Waals surface area contributed by atoms with Gasteiger partial charge >= 0.3 is 12.0 Å². The minimum Gasteiger partial charge on any atom is -0.462 e. The highest BCUT2D eigenvalue weighted by Gasteiger charge is 2.25. The van der Waals surface area contributed by atoms with Crippen molar-refractivity contribution in [2.45, 2.75) is 27.7 Å². The molecule has 1 aromatic heterocycles. The van der Waals surface area contributed by atoms with Gasteiger partial charge in [-0.05, 0) is 44.9 Å². The number of ether oxygens (including phenoxy) is 1. The number of urea groups is 1. The molecule has 0 aliphatic heterocycles. The second kappa shape index (κ2) is 7.94. The zero-order valence-electron chi connectivity index (χ0n) is 14.6. The molecule has 0 unspecified atom stereocenters. The number of aryl methyl sites for hydroxylation is 1. The first-order chi connectivity index (χ1) is 11.8. The first-order valence-corrected chi connectivity index (χ1v) is 8.61. The van der Waals surface area contributed by atoms with E-state index in [0.717, 1.165) is 16.9 Å². The summed E-state index contributed by atoms with van der Waals surface area (Å²) in [6.07, 6.45) is 0. The molecule has 6 nitrogen and oxygen atoms in total. The van der Waals surface area contributed by atoms with Crippen molar-refractivity contribution < 1.29 is 19.1 Å². The molecule has 2 amide bonds. The summed E-state index contributed by atoms with van der Waals surface area (Å²) in [4.78, 5) is 36.7. The Kier molecular flexibility index (Phi) is 5.93. The molecule has 2 aromatic rings.